The van der Waals surface area contributed by atoms with Crippen molar-refractivity contribution in [1.82, 2.24) is 0 Å². The van der Waals surface area contributed by atoms with Crippen LogP contribution < -0.4 is 0 Å². The molecule has 0 aliphatic heterocycles. The summed E-state index contributed by atoms with van der Waals surface area (Å²) in [5.74, 6) is -0.242. The average Bonchev–Trinajstić information content (AvgIpc) is 2.66. The minimum absolute atomic E-state index is 0.242. The van der Waals surface area contributed by atoms with Gasteiger partial charge >= 0.3 is 5.88 Å². The number of rotatable bonds is 7. The van der Waals surface area contributed by atoms with Gasteiger partial charge in [-0.3, -0.25) is 14.9 Å². The molecule has 1 heterocycles. The van der Waals surface area contributed by atoms with Crippen molar-refractivity contribution in [3.8, 4) is 0 Å². The van der Waals surface area contributed by atoms with Gasteiger partial charge in [0.15, 0.2) is 0 Å². The fraction of sp³-hybridized carbons (Fsp3) is 0.444. The van der Waals surface area contributed by atoms with Crippen LogP contribution in [0.4, 0.5) is 5.88 Å². The maximum Gasteiger partial charge on any atom is 0.433 e. The Morgan fingerprint density at radius 2 is 2.33 bits per heavy atom. The minimum Gasteiger partial charge on any atom is -0.468 e. The van der Waals surface area contributed by atoms with E-state index in [1.54, 1.807) is 0 Å². The summed E-state index contributed by atoms with van der Waals surface area (Å²) in [6.45, 7) is 0.784. The van der Waals surface area contributed by atoms with Crippen molar-refractivity contribution in [2.24, 2.45) is 0 Å². The monoisotopic (exact) mass is 213 g/mol. The number of carbonyl (C=O) groups excluding carboxylic acids is 1. The molecule has 0 bridgehead atoms. The Hall–Kier alpha value is -1.85. The van der Waals surface area contributed by atoms with Crippen LogP contribution in [0.15, 0.2) is 16.7 Å². The van der Waals surface area contributed by atoms with Gasteiger partial charge in [-0.05, 0) is 24.8 Å². The highest BCUT2D eigenvalue weighted by molar-refractivity contribution is 5.36. The topological polar surface area (TPSA) is 82.6 Å². The third-order valence-corrected chi connectivity index (χ3v) is 1.87. The average molecular weight is 213 g/mol. The molecule has 0 aliphatic carbocycles. The van der Waals surface area contributed by atoms with E-state index in [-0.39, 0.29) is 5.88 Å². The molecule has 0 saturated carbocycles. The molecule has 1 aromatic rings. The number of furan rings is 1. The smallest absolute Gasteiger partial charge is 0.433 e. The van der Waals surface area contributed by atoms with E-state index < -0.39 is 4.92 Å². The molecule has 0 saturated heterocycles. The second-order valence-corrected chi connectivity index (χ2v) is 2.97. The zero-order chi connectivity index (χ0) is 11.1. The Morgan fingerprint density at radius 3 is 2.93 bits per heavy atom. The molecule has 0 N–H and O–H groups in total. The summed E-state index contributed by atoms with van der Waals surface area (Å²) in [5.41, 5.74) is 0.785. The molecular weight excluding hydrogens is 202 g/mol. The van der Waals surface area contributed by atoms with Crippen LogP contribution in [0, 0.1) is 10.1 Å². The standard InChI is InChI=1S/C9H11NO5/c11-7-14-4-2-1-3-8-5-9(10(12)13)15-6-8/h5-7H,1-4H2. The number of hydrogen-bond donors (Lipinski definition) is 0. The highest BCUT2D eigenvalue weighted by Gasteiger charge is 2.11. The van der Waals surface area contributed by atoms with Crippen LogP contribution in [0.5, 0.6) is 0 Å². The van der Waals surface area contributed by atoms with Crippen LogP contribution >= 0.6 is 0 Å². The van der Waals surface area contributed by atoms with E-state index in [9.17, 15) is 14.9 Å². The van der Waals surface area contributed by atoms with E-state index >= 15 is 0 Å². The Labute approximate surface area is 86.0 Å². The van der Waals surface area contributed by atoms with Gasteiger partial charge in [-0.25, -0.2) is 0 Å². The summed E-state index contributed by atoms with van der Waals surface area (Å²) in [5, 5.41) is 10.3. The van der Waals surface area contributed by atoms with Crippen LogP contribution in [-0.2, 0) is 16.0 Å². The summed E-state index contributed by atoms with van der Waals surface area (Å²) in [7, 11) is 0. The summed E-state index contributed by atoms with van der Waals surface area (Å²) in [6.07, 6.45) is 3.58. The first kappa shape index (κ1) is 11.2. The number of ether oxygens (including phenoxy) is 1. The highest BCUT2D eigenvalue weighted by atomic mass is 16.6. The summed E-state index contributed by atoms with van der Waals surface area (Å²) in [4.78, 5) is 19.5. The molecule has 0 fully saturated rings. The predicted molar refractivity (Wildman–Crippen MR) is 50.3 cm³/mol. The maximum absolute atomic E-state index is 10.3. The van der Waals surface area contributed by atoms with E-state index in [0.29, 0.717) is 19.5 Å². The van der Waals surface area contributed by atoms with Gasteiger partial charge in [0.1, 0.15) is 11.2 Å². The van der Waals surface area contributed by atoms with Crippen LogP contribution in [-0.4, -0.2) is 18.0 Å². The molecule has 1 aromatic heterocycles. The van der Waals surface area contributed by atoms with Crippen LogP contribution in [0.3, 0.4) is 0 Å². The summed E-state index contributed by atoms with van der Waals surface area (Å²) >= 11 is 0. The highest BCUT2D eigenvalue weighted by Crippen LogP contribution is 2.17. The van der Waals surface area contributed by atoms with Crippen molar-refractivity contribution in [3.05, 3.63) is 28.0 Å². The number of unbranched alkanes of at least 4 members (excludes halogenated alkanes) is 1. The van der Waals surface area contributed by atoms with E-state index in [2.05, 4.69) is 4.74 Å². The van der Waals surface area contributed by atoms with E-state index in [1.165, 1.54) is 12.3 Å². The first-order valence-corrected chi connectivity index (χ1v) is 4.51. The van der Waals surface area contributed by atoms with Gasteiger partial charge in [0.25, 0.3) is 6.47 Å². The first-order valence-electron chi connectivity index (χ1n) is 4.51. The maximum atomic E-state index is 10.3. The molecule has 0 amide bonds. The SMILES string of the molecule is O=COCCCCc1coc([N+](=O)[O-])c1. The van der Waals surface area contributed by atoms with E-state index in [4.69, 9.17) is 4.42 Å². The lowest BCUT2D eigenvalue weighted by Gasteiger charge is -1.96. The van der Waals surface area contributed by atoms with Crippen LogP contribution in [0.2, 0.25) is 0 Å². The zero-order valence-electron chi connectivity index (χ0n) is 8.05. The molecule has 1 rings (SSSR count). The molecule has 0 atom stereocenters. The van der Waals surface area contributed by atoms with Gasteiger partial charge in [-0.2, -0.15) is 0 Å². The van der Waals surface area contributed by atoms with Gasteiger partial charge < -0.3 is 9.15 Å². The van der Waals surface area contributed by atoms with E-state index in [1.807, 2.05) is 0 Å². The van der Waals surface area contributed by atoms with Gasteiger partial charge in [-0.15, -0.1) is 0 Å². The third-order valence-electron chi connectivity index (χ3n) is 1.87. The van der Waals surface area contributed by atoms with Crippen LogP contribution in [0.1, 0.15) is 18.4 Å². The molecule has 6 nitrogen and oxygen atoms in total. The molecule has 0 spiro atoms. The normalized spacial score (nSPS) is 9.87. The van der Waals surface area contributed by atoms with Crippen molar-refractivity contribution < 1.29 is 18.9 Å². The second-order valence-electron chi connectivity index (χ2n) is 2.97. The Balaban J connectivity index is 2.25. The van der Waals surface area contributed by atoms with Gasteiger partial charge in [-0.1, -0.05) is 0 Å². The van der Waals surface area contributed by atoms with Crippen molar-refractivity contribution in [1.29, 1.82) is 0 Å². The molecule has 82 valence electrons. The number of carbonyl (C=O) groups is 1. The Kier molecular flexibility index (Phi) is 4.33. The largest absolute Gasteiger partial charge is 0.468 e. The number of aryl methyl sites for hydroxylation is 1. The van der Waals surface area contributed by atoms with Gasteiger partial charge in [0.2, 0.25) is 0 Å². The lowest BCUT2D eigenvalue weighted by molar-refractivity contribution is -0.402. The molecule has 6 heteroatoms. The molecule has 0 radical (unpaired) electrons. The van der Waals surface area contributed by atoms with Gasteiger partial charge in [0, 0.05) is 0 Å². The summed E-state index contributed by atoms with van der Waals surface area (Å²) in [6, 6.07) is 1.40. The Morgan fingerprint density at radius 1 is 1.53 bits per heavy atom. The molecule has 0 aliphatic rings. The molecular formula is C9H11NO5. The summed E-state index contributed by atoms with van der Waals surface area (Å²) < 4.78 is 9.22. The zero-order valence-corrected chi connectivity index (χ0v) is 8.05. The number of nitrogens with zero attached hydrogens (tertiary/aromatic N) is 1. The van der Waals surface area contributed by atoms with Crippen molar-refractivity contribution >= 4 is 12.4 Å². The molecule has 0 aromatic carbocycles. The second kappa shape index (κ2) is 5.79. The van der Waals surface area contributed by atoms with Crippen molar-refractivity contribution in [3.63, 3.8) is 0 Å². The third kappa shape index (κ3) is 3.80. The minimum atomic E-state index is -0.570. The van der Waals surface area contributed by atoms with E-state index in [0.717, 1.165) is 18.4 Å². The van der Waals surface area contributed by atoms with Crippen molar-refractivity contribution in [2.75, 3.05) is 6.61 Å². The van der Waals surface area contributed by atoms with Gasteiger partial charge in [0.05, 0.1) is 12.7 Å². The Bertz CT molecular complexity index is 333. The molecule has 0 unspecified atom stereocenters. The molecule has 15 heavy (non-hydrogen) atoms. The lowest BCUT2D eigenvalue weighted by Crippen LogP contribution is -1.92. The van der Waals surface area contributed by atoms with Crippen molar-refractivity contribution in [2.45, 2.75) is 19.3 Å². The first-order chi connectivity index (χ1) is 7.24. The fourth-order valence-electron chi connectivity index (χ4n) is 1.15. The lowest BCUT2D eigenvalue weighted by atomic mass is 10.1. The fourth-order valence-corrected chi connectivity index (χ4v) is 1.15. The number of hydrogen-bond acceptors (Lipinski definition) is 5. The quantitative estimate of drug-likeness (QED) is 0.298. The van der Waals surface area contributed by atoms with Crippen LogP contribution in [0.25, 0.3) is 0 Å². The number of nitro groups is 1. The predicted octanol–water partition coefficient (Wildman–Crippen LogP) is 1.68.